The Hall–Kier alpha value is -1.63. The Morgan fingerprint density at radius 2 is 1.72 bits per heavy atom. The zero-order valence-corrected chi connectivity index (χ0v) is 17.3. The molecule has 4 aliphatic carbocycles. The van der Waals surface area contributed by atoms with Crippen molar-refractivity contribution in [3.05, 3.63) is 29.1 Å². The van der Waals surface area contributed by atoms with Crippen LogP contribution in [0.25, 0.3) is 0 Å². The lowest BCUT2D eigenvalue weighted by molar-refractivity contribution is 0.0977. The van der Waals surface area contributed by atoms with Gasteiger partial charge in [0.1, 0.15) is 11.6 Å². The summed E-state index contributed by atoms with van der Waals surface area (Å²) in [6.07, 6.45) is 9.46. The molecule has 0 heterocycles. The average Bonchev–Trinajstić information content (AvgIpc) is 3.57. The Bertz CT molecular complexity index is 911. The van der Waals surface area contributed by atoms with Crippen LogP contribution in [-0.4, -0.2) is 26.2 Å². The van der Waals surface area contributed by atoms with Crippen molar-refractivity contribution in [2.24, 2.45) is 17.8 Å². The predicted octanol–water partition coefficient (Wildman–Crippen LogP) is 4.13. The summed E-state index contributed by atoms with van der Waals surface area (Å²) in [5.74, 6) is 1.33. The highest BCUT2D eigenvalue weighted by Crippen LogP contribution is 2.47. The van der Waals surface area contributed by atoms with Gasteiger partial charge in [0.25, 0.3) is 5.91 Å². The number of hydrogen-bond acceptors (Lipinski definition) is 4. The molecular weight excluding hydrogens is 393 g/mol. The van der Waals surface area contributed by atoms with Crippen LogP contribution < -0.4 is 9.46 Å². The number of carbonyl (C=O) groups excluding carboxylic acids is 1. The van der Waals surface area contributed by atoms with Gasteiger partial charge in [-0.2, -0.15) is 0 Å². The van der Waals surface area contributed by atoms with Gasteiger partial charge in [0.2, 0.25) is 10.0 Å². The Morgan fingerprint density at radius 3 is 2.34 bits per heavy atom. The van der Waals surface area contributed by atoms with Gasteiger partial charge >= 0.3 is 0 Å². The molecule has 3 atom stereocenters. The van der Waals surface area contributed by atoms with E-state index in [0.717, 1.165) is 30.2 Å². The van der Waals surface area contributed by atoms with E-state index in [0.29, 0.717) is 31.1 Å². The number of benzene rings is 1. The first-order valence-electron chi connectivity index (χ1n) is 10.9. The largest absolute Gasteiger partial charge is 0.493 e. The van der Waals surface area contributed by atoms with Crippen molar-refractivity contribution in [3.63, 3.8) is 0 Å². The van der Waals surface area contributed by atoms with Gasteiger partial charge in [-0.15, -0.1) is 0 Å². The zero-order chi connectivity index (χ0) is 20.2. The smallest absolute Gasteiger partial charge is 0.267 e. The third kappa shape index (κ3) is 4.16. The summed E-state index contributed by atoms with van der Waals surface area (Å²) < 4.78 is 46.9. The van der Waals surface area contributed by atoms with E-state index in [4.69, 9.17) is 4.74 Å². The lowest BCUT2D eigenvalue weighted by atomic mass is 9.81. The fraction of sp³-hybridized carbons (Fsp3) is 0.682. The molecule has 1 aromatic rings. The first-order valence-corrected chi connectivity index (χ1v) is 12.5. The van der Waals surface area contributed by atoms with Gasteiger partial charge in [-0.1, -0.05) is 12.8 Å². The first-order chi connectivity index (χ1) is 13.9. The molecule has 1 aromatic carbocycles. The Labute approximate surface area is 171 Å². The topological polar surface area (TPSA) is 72.5 Å². The van der Waals surface area contributed by atoms with E-state index in [1.165, 1.54) is 44.2 Å². The molecule has 29 heavy (non-hydrogen) atoms. The predicted molar refractivity (Wildman–Crippen MR) is 107 cm³/mol. The third-order valence-corrected chi connectivity index (χ3v) is 8.84. The maximum atomic E-state index is 14.7. The van der Waals surface area contributed by atoms with Crippen LogP contribution >= 0.6 is 0 Å². The molecule has 1 N–H and O–H groups in total. The Balaban J connectivity index is 1.32. The maximum Gasteiger partial charge on any atom is 0.267 e. The van der Waals surface area contributed by atoms with E-state index in [1.54, 1.807) is 0 Å². The van der Waals surface area contributed by atoms with E-state index in [9.17, 15) is 17.6 Å². The summed E-state index contributed by atoms with van der Waals surface area (Å²) in [5, 5.41) is -0.522. The number of nitrogens with one attached hydrogen (secondary N) is 1. The van der Waals surface area contributed by atoms with E-state index < -0.39 is 27.0 Å². The monoisotopic (exact) mass is 421 g/mol. The maximum absolute atomic E-state index is 14.7. The summed E-state index contributed by atoms with van der Waals surface area (Å²) >= 11 is 0. The quantitative estimate of drug-likeness (QED) is 0.719. The van der Waals surface area contributed by atoms with Crippen molar-refractivity contribution in [2.45, 2.75) is 69.0 Å². The average molecular weight is 422 g/mol. The molecule has 4 fully saturated rings. The summed E-state index contributed by atoms with van der Waals surface area (Å²) in [5.41, 5.74) is 0.623. The molecule has 4 aliphatic rings. The Morgan fingerprint density at radius 1 is 1.03 bits per heavy atom. The molecule has 0 radical (unpaired) electrons. The van der Waals surface area contributed by atoms with Gasteiger partial charge in [-0.25, -0.2) is 17.5 Å². The van der Waals surface area contributed by atoms with Crippen molar-refractivity contribution in [3.8, 4) is 5.75 Å². The summed E-state index contributed by atoms with van der Waals surface area (Å²) in [6, 6.07) is 2.79. The highest BCUT2D eigenvalue weighted by Gasteiger charge is 2.38. The minimum absolute atomic E-state index is 0.209. The molecule has 0 saturated heterocycles. The molecule has 2 bridgehead atoms. The summed E-state index contributed by atoms with van der Waals surface area (Å²) in [7, 11) is -3.71. The van der Waals surface area contributed by atoms with Crippen LogP contribution in [-0.2, 0) is 10.0 Å². The molecule has 0 aliphatic heterocycles. The second-order valence-electron chi connectivity index (χ2n) is 9.51. The normalized spacial score (nSPS) is 28.9. The third-order valence-electron chi connectivity index (χ3n) is 7.02. The van der Waals surface area contributed by atoms with Gasteiger partial charge in [0, 0.05) is 6.07 Å². The molecule has 0 aromatic heterocycles. The second-order valence-corrected chi connectivity index (χ2v) is 11.5. The Kier molecular flexibility index (Phi) is 4.84. The standard InChI is InChI=1S/C22H28FNO4S/c23-20-11-21(28-12-15-8-13-1-2-14(7-13)9-15)18(16-3-4-16)10-19(20)22(25)24-29(26,27)17-5-6-17/h10-11,13-17H,1-9,12H2,(H,24,25)/t13-,14+,15?. The number of carbonyl (C=O) groups is 1. The minimum atomic E-state index is -3.71. The van der Waals surface area contributed by atoms with Gasteiger partial charge in [-0.3, -0.25) is 4.79 Å². The molecule has 5 nitrogen and oxygen atoms in total. The van der Waals surface area contributed by atoms with E-state index in [2.05, 4.69) is 0 Å². The van der Waals surface area contributed by atoms with Crippen LogP contribution in [0.1, 0.15) is 79.6 Å². The number of ether oxygens (including phenoxy) is 1. The van der Waals surface area contributed by atoms with Crippen molar-refractivity contribution < 1.29 is 22.3 Å². The van der Waals surface area contributed by atoms with Gasteiger partial charge in [0.15, 0.2) is 0 Å². The van der Waals surface area contributed by atoms with Crippen LogP contribution in [0.4, 0.5) is 4.39 Å². The molecule has 1 amide bonds. The van der Waals surface area contributed by atoms with Gasteiger partial charge < -0.3 is 4.74 Å². The number of sulfonamides is 1. The molecule has 158 valence electrons. The highest BCUT2D eigenvalue weighted by molar-refractivity contribution is 7.91. The molecule has 5 rings (SSSR count). The fourth-order valence-corrected chi connectivity index (χ4v) is 6.51. The minimum Gasteiger partial charge on any atom is -0.493 e. The molecule has 4 saturated carbocycles. The highest BCUT2D eigenvalue weighted by atomic mass is 32.2. The van der Waals surface area contributed by atoms with Crippen LogP contribution in [0.5, 0.6) is 5.75 Å². The first kappa shape index (κ1) is 19.3. The lowest BCUT2D eigenvalue weighted by Gasteiger charge is -2.28. The number of fused-ring (bicyclic) bond motifs is 2. The number of rotatable bonds is 7. The molecule has 0 spiro atoms. The SMILES string of the molecule is O=C(NS(=O)(=O)C1CC1)c1cc(C2CC2)c(OCC2C[C@H]3CC[C@@H](C2)C3)cc1F. The number of hydrogen-bond donors (Lipinski definition) is 1. The number of amides is 1. The van der Waals surface area contributed by atoms with Gasteiger partial charge in [-0.05, 0) is 80.2 Å². The van der Waals surface area contributed by atoms with E-state index in [1.807, 2.05) is 4.72 Å². The van der Waals surface area contributed by atoms with Crippen molar-refractivity contribution >= 4 is 15.9 Å². The summed E-state index contributed by atoms with van der Waals surface area (Å²) in [6.45, 7) is 0.591. The van der Waals surface area contributed by atoms with Crippen LogP contribution in [0, 0.1) is 23.6 Å². The lowest BCUT2D eigenvalue weighted by Crippen LogP contribution is -2.33. The van der Waals surface area contributed by atoms with Gasteiger partial charge in [0.05, 0.1) is 17.4 Å². The van der Waals surface area contributed by atoms with Crippen molar-refractivity contribution in [2.75, 3.05) is 6.61 Å². The van der Waals surface area contributed by atoms with Crippen LogP contribution in [0.2, 0.25) is 0 Å². The van der Waals surface area contributed by atoms with E-state index in [-0.39, 0.29) is 11.5 Å². The molecule has 1 unspecified atom stereocenters. The van der Waals surface area contributed by atoms with Crippen LogP contribution in [0.3, 0.4) is 0 Å². The summed E-state index contributed by atoms with van der Waals surface area (Å²) in [4.78, 5) is 12.4. The van der Waals surface area contributed by atoms with E-state index >= 15 is 0 Å². The molecule has 7 heteroatoms. The second kappa shape index (κ2) is 7.25. The molecular formula is C22H28FNO4S. The zero-order valence-electron chi connectivity index (χ0n) is 16.5. The number of halogens is 1. The van der Waals surface area contributed by atoms with Crippen molar-refractivity contribution in [1.82, 2.24) is 4.72 Å². The van der Waals surface area contributed by atoms with Crippen molar-refractivity contribution in [1.29, 1.82) is 0 Å². The van der Waals surface area contributed by atoms with Crippen LogP contribution in [0.15, 0.2) is 12.1 Å². The fourth-order valence-electron chi connectivity index (χ4n) is 5.22.